The van der Waals surface area contributed by atoms with E-state index < -0.39 is 5.79 Å². The summed E-state index contributed by atoms with van der Waals surface area (Å²) in [4.78, 5) is 4.62. The third-order valence-electron chi connectivity index (χ3n) is 3.73. The minimum absolute atomic E-state index is 0.315. The Bertz CT molecular complexity index is 195. The predicted octanol–water partition coefficient (Wildman–Crippen LogP) is 3.49. The van der Waals surface area contributed by atoms with Crippen LogP contribution in [0.25, 0.3) is 0 Å². The third-order valence-corrected chi connectivity index (χ3v) is 3.73. The maximum atomic E-state index is 8.99. The zero-order chi connectivity index (χ0) is 10.6. The van der Waals surface area contributed by atoms with Gasteiger partial charge in [0.1, 0.15) is 0 Å². The van der Waals surface area contributed by atoms with Crippen LogP contribution >= 0.6 is 0 Å². The van der Waals surface area contributed by atoms with Gasteiger partial charge < -0.3 is 4.74 Å². The van der Waals surface area contributed by atoms with Crippen LogP contribution in [0.5, 0.6) is 0 Å². The second-order valence-electron chi connectivity index (χ2n) is 4.94. The van der Waals surface area contributed by atoms with Crippen molar-refractivity contribution in [2.45, 2.75) is 76.1 Å². The minimum Gasteiger partial charge on any atom is -0.344 e. The van der Waals surface area contributed by atoms with Crippen LogP contribution in [-0.2, 0) is 9.62 Å². The highest BCUT2D eigenvalue weighted by Gasteiger charge is 2.41. The lowest BCUT2D eigenvalue weighted by molar-refractivity contribution is -0.400. The molecule has 0 saturated carbocycles. The zero-order valence-corrected chi connectivity index (χ0v) is 9.41. The molecule has 0 aromatic rings. The number of hydrogen-bond acceptors (Lipinski definition) is 3. The van der Waals surface area contributed by atoms with E-state index in [0.717, 1.165) is 32.1 Å². The molecule has 2 aliphatic rings. The molecule has 3 nitrogen and oxygen atoms in total. The van der Waals surface area contributed by atoms with Gasteiger partial charge in [-0.05, 0) is 19.3 Å². The fourth-order valence-corrected chi connectivity index (χ4v) is 2.78. The molecule has 2 rings (SSSR count). The molecule has 2 aliphatic heterocycles. The van der Waals surface area contributed by atoms with Crippen molar-refractivity contribution in [1.29, 1.82) is 0 Å². The van der Waals surface area contributed by atoms with Gasteiger partial charge in [0, 0.05) is 12.8 Å². The molecule has 15 heavy (non-hydrogen) atoms. The molecule has 0 aliphatic carbocycles. The Balaban J connectivity index is 1.93. The van der Waals surface area contributed by atoms with Crippen molar-refractivity contribution < 1.29 is 14.9 Å². The van der Waals surface area contributed by atoms with E-state index in [4.69, 9.17) is 9.99 Å². The van der Waals surface area contributed by atoms with Gasteiger partial charge in [-0.1, -0.05) is 32.1 Å². The van der Waals surface area contributed by atoms with Gasteiger partial charge in [0.2, 0.25) is 5.79 Å². The van der Waals surface area contributed by atoms with Crippen molar-refractivity contribution >= 4 is 0 Å². The van der Waals surface area contributed by atoms with Crippen molar-refractivity contribution in [3.8, 4) is 0 Å². The quantitative estimate of drug-likeness (QED) is 0.536. The Labute approximate surface area is 91.7 Å². The highest BCUT2D eigenvalue weighted by Crippen LogP contribution is 2.37. The molecule has 0 amide bonds. The second kappa shape index (κ2) is 5.28. The smallest absolute Gasteiger partial charge is 0.201 e. The summed E-state index contributed by atoms with van der Waals surface area (Å²) in [6.07, 6.45) is 11.8. The lowest BCUT2D eigenvalue weighted by Crippen LogP contribution is -2.31. The topological polar surface area (TPSA) is 38.7 Å². The summed E-state index contributed by atoms with van der Waals surface area (Å²) in [7, 11) is 0. The van der Waals surface area contributed by atoms with E-state index in [1.165, 1.54) is 32.1 Å². The summed E-state index contributed by atoms with van der Waals surface area (Å²) in [5, 5.41) is 8.99. The molecule has 2 saturated heterocycles. The second-order valence-corrected chi connectivity index (χ2v) is 4.94. The fourth-order valence-electron chi connectivity index (χ4n) is 2.78. The van der Waals surface area contributed by atoms with Crippen LogP contribution in [0.3, 0.4) is 0 Å². The number of hydrogen-bond donors (Lipinski definition) is 1. The van der Waals surface area contributed by atoms with Crippen molar-refractivity contribution in [3.63, 3.8) is 0 Å². The Morgan fingerprint density at radius 3 is 2.47 bits per heavy atom. The molecule has 0 aromatic heterocycles. The molecule has 2 bridgehead atoms. The SMILES string of the molecule is OO[C@@]12CCCCCCCC[C@@H](CC1)O2. The fraction of sp³-hybridized carbons (Fsp3) is 1.00. The number of rotatable bonds is 1. The van der Waals surface area contributed by atoms with Crippen LogP contribution < -0.4 is 0 Å². The largest absolute Gasteiger partial charge is 0.344 e. The lowest BCUT2D eigenvalue weighted by atomic mass is 9.99. The van der Waals surface area contributed by atoms with E-state index in [2.05, 4.69) is 4.89 Å². The Kier molecular flexibility index (Phi) is 4.00. The average molecular weight is 214 g/mol. The number of fused-ring (bicyclic) bond motifs is 2. The third kappa shape index (κ3) is 2.92. The summed E-state index contributed by atoms with van der Waals surface area (Å²) in [5.74, 6) is -0.658. The highest BCUT2D eigenvalue weighted by atomic mass is 17.1. The first-order valence-electron chi connectivity index (χ1n) is 6.35. The molecule has 1 N–H and O–H groups in total. The molecule has 2 atom stereocenters. The summed E-state index contributed by atoms with van der Waals surface area (Å²) < 4.78 is 5.86. The Morgan fingerprint density at radius 1 is 0.933 bits per heavy atom. The van der Waals surface area contributed by atoms with E-state index in [1.807, 2.05) is 0 Å². The summed E-state index contributed by atoms with van der Waals surface area (Å²) in [5.41, 5.74) is 0. The maximum Gasteiger partial charge on any atom is 0.201 e. The summed E-state index contributed by atoms with van der Waals surface area (Å²) in [6, 6.07) is 0. The molecule has 0 unspecified atom stereocenters. The van der Waals surface area contributed by atoms with Gasteiger partial charge in [-0.3, -0.25) is 0 Å². The molecule has 3 heteroatoms. The van der Waals surface area contributed by atoms with Gasteiger partial charge in [0.15, 0.2) is 0 Å². The normalized spacial score (nSPS) is 38.6. The zero-order valence-electron chi connectivity index (χ0n) is 9.41. The van der Waals surface area contributed by atoms with Gasteiger partial charge in [-0.15, -0.1) is 0 Å². The molecular weight excluding hydrogens is 192 g/mol. The van der Waals surface area contributed by atoms with Crippen LogP contribution in [0, 0.1) is 0 Å². The molecule has 0 spiro atoms. The van der Waals surface area contributed by atoms with Gasteiger partial charge in [0.25, 0.3) is 0 Å². The molecule has 2 heterocycles. The minimum atomic E-state index is -0.658. The van der Waals surface area contributed by atoms with Crippen LogP contribution in [-0.4, -0.2) is 17.1 Å². The Morgan fingerprint density at radius 2 is 1.67 bits per heavy atom. The summed E-state index contributed by atoms with van der Waals surface area (Å²) >= 11 is 0. The molecule has 0 radical (unpaired) electrons. The van der Waals surface area contributed by atoms with E-state index in [9.17, 15) is 0 Å². The standard InChI is InChI=1S/C12H22O3/c13-15-12-9-6-4-2-1-3-5-7-11(14-12)8-10-12/h11,13H,1-10H2/t11-,12-/m0/s1. The number of ether oxygens (including phenoxy) is 1. The van der Waals surface area contributed by atoms with E-state index in [1.54, 1.807) is 0 Å². The molecular formula is C12H22O3. The van der Waals surface area contributed by atoms with Gasteiger partial charge in [-0.25, -0.2) is 10.1 Å². The van der Waals surface area contributed by atoms with Crippen LogP contribution in [0.4, 0.5) is 0 Å². The monoisotopic (exact) mass is 214 g/mol. The van der Waals surface area contributed by atoms with Gasteiger partial charge in [0.05, 0.1) is 6.10 Å². The van der Waals surface area contributed by atoms with Crippen LogP contribution in [0.15, 0.2) is 0 Å². The van der Waals surface area contributed by atoms with Crippen molar-refractivity contribution in [2.75, 3.05) is 0 Å². The van der Waals surface area contributed by atoms with Gasteiger partial charge in [-0.2, -0.15) is 0 Å². The summed E-state index contributed by atoms with van der Waals surface area (Å²) in [6.45, 7) is 0. The predicted molar refractivity (Wildman–Crippen MR) is 57.5 cm³/mol. The molecule has 0 aromatic carbocycles. The maximum absolute atomic E-state index is 8.99. The first kappa shape index (κ1) is 11.4. The van der Waals surface area contributed by atoms with Crippen LogP contribution in [0.2, 0.25) is 0 Å². The van der Waals surface area contributed by atoms with E-state index >= 15 is 0 Å². The van der Waals surface area contributed by atoms with Crippen molar-refractivity contribution in [3.05, 3.63) is 0 Å². The van der Waals surface area contributed by atoms with Gasteiger partial charge >= 0.3 is 0 Å². The van der Waals surface area contributed by atoms with Crippen molar-refractivity contribution in [2.24, 2.45) is 0 Å². The first-order valence-corrected chi connectivity index (χ1v) is 6.35. The average Bonchev–Trinajstić information content (AvgIpc) is 2.63. The Hall–Kier alpha value is -0.120. The van der Waals surface area contributed by atoms with E-state index in [0.29, 0.717) is 6.10 Å². The molecule has 2 fully saturated rings. The highest BCUT2D eigenvalue weighted by molar-refractivity contribution is 4.81. The lowest BCUT2D eigenvalue weighted by Gasteiger charge is -2.25. The first-order chi connectivity index (χ1) is 7.35. The molecule has 88 valence electrons. The van der Waals surface area contributed by atoms with Crippen LogP contribution in [0.1, 0.15) is 64.2 Å². The van der Waals surface area contributed by atoms with E-state index in [-0.39, 0.29) is 0 Å². The van der Waals surface area contributed by atoms with Crippen molar-refractivity contribution in [1.82, 2.24) is 0 Å².